The molecule has 0 bridgehead atoms. The fourth-order valence-electron chi connectivity index (χ4n) is 1.98. The zero-order valence-electron chi connectivity index (χ0n) is 13.2. The van der Waals surface area contributed by atoms with Crippen molar-refractivity contribution in [3.8, 4) is 17.6 Å². The van der Waals surface area contributed by atoms with E-state index in [-0.39, 0.29) is 11.3 Å². The van der Waals surface area contributed by atoms with E-state index in [4.69, 9.17) is 4.74 Å². The number of ether oxygens (including phenoxy) is 1. The zero-order valence-corrected chi connectivity index (χ0v) is 16.4. The number of hydrogen-bond donors (Lipinski definition) is 2. The number of nitriles is 1. The second-order valence-corrected chi connectivity index (χ2v) is 6.62. The first-order valence-corrected chi connectivity index (χ1v) is 8.87. The lowest BCUT2D eigenvalue weighted by Crippen LogP contribution is -2.13. The third kappa shape index (κ3) is 5.08. The average molecular weight is 466 g/mol. The molecule has 0 heterocycles. The van der Waals surface area contributed by atoms with Gasteiger partial charge in [0, 0.05) is 5.69 Å². The first-order chi connectivity index (χ1) is 11.9. The maximum atomic E-state index is 12.3. The van der Waals surface area contributed by atoms with Crippen molar-refractivity contribution in [3.05, 3.63) is 56.5 Å². The minimum atomic E-state index is -0.521. The van der Waals surface area contributed by atoms with Crippen molar-refractivity contribution in [3.63, 3.8) is 0 Å². The summed E-state index contributed by atoms with van der Waals surface area (Å²) < 4.78 is 6.25. The Labute approximate surface area is 162 Å². The van der Waals surface area contributed by atoms with Gasteiger partial charge in [0.2, 0.25) is 0 Å². The molecule has 128 valence electrons. The van der Waals surface area contributed by atoms with Crippen LogP contribution in [0.25, 0.3) is 6.08 Å². The average Bonchev–Trinajstić information content (AvgIpc) is 2.59. The molecule has 0 aliphatic rings. The van der Waals surface area contributed by atoms with Crippen molar-refractivity contribution < 1.29 is 14.6 Å². The van der Waals surface area contributed by atoms with Gasteiger partial charge in [0.1, 0.15) is 23.1 Å². The smallest absolute Gasteiger partial charge is 0.266 e. The van der Waals surface area contributed by atoms with E-state index in [1.165, 1.54) is 6.08 Å². The molecule has 0 aliphatic carbocycles. The van der Waals surface area contributed by atoms with Crippen molar-refractivity contribution in [2.24, 2.45) is 0 Å². The molecular formula is C18H14Br2N2O3. The van der Waals surface area contributed by atoms with Crippen LogP contribution in [0.1, 0.15) is 12.5 Å². The Morgan fingerprint density at radius 2 is 1.88 bits per heavy atom. The van der Waals surface area contributed by atoms with Gasteiger partial charge in [-0.15, -0.1) is 0 Å². The Morgan fingerprint density at radius 1 is 1.28 bits per heavy atom. The normalized spacial score (nSPS) is 10.9. The lowest BCUT2D eigenvalue weighted by Gasteiger charge is -2.07. The third-order valence-corrected chi connectivity index (χ3v) is 4.35. The highest BCUT2D eigenvalue weighted by Gasteiger charge is 2.11. The van der Waals surface area contributed by atoms with E-state index in [1.807, 2.05) is 13.0 Å². The number of nitrogens with one attached hydrogen (secondary N) is 1. The summed E-state index contributed by atoms with van der Waals surface area (Å²) in [6.45, 7) is 2.45. The van der Waals surface area contributed by atoms with Crippen LogP contribution in [0.15, 0.2) is 50.9 Å². The van der Waals surface area contributed by atoms with Crippen LogP contribution in [0.5, 0.6) is 11.5 Å². The number of phenols is 1. The summed E-state index contributed by atoms with van der Waals surface area (Å²) in [5.74, 6) is 0.233. The molecule has 0 atom stereocenters. The summed E-state index contributed by atoms with van der Waals surface area (Å²) in [5.41, 5.74) is 1.09. The molecule has 25 heavy (non-hydrogen) atoms. The molecule has 5 nitrogen and oxygen atoms in total. The van der Waals surface area contributed by atoms with Crippen molar-refractivity contribution in [2.45, 2.75) is 6.92 Å². The maximum Gasteiger partial charge on any atom is 0.266 e. The summed E-state index contributed by atoms with van der Waals surface area (Å²) >= 11 is 6.43. The van der Waals surface area contributed by atoms with Gasteiger partial charge in [-0.3, -0.25) is 4.79 Å². The number of anilines is 1. The van der Waals surface area contributed by atoms with Crippen molar-refractivity contribution in [1.29, 1.82) is 5.26 Å². The molecule has 2 rings (SSSR count). The highest BCUT2D eigenvalue weighted by Crippen LogP contribution is 2.34. The number of hydrogen-bond acceptors (Lipinski definition) is 4. The summed E-state index contributed by atoms with van der Waals surface area (Å²) in [6, 6.07) is 12.0. The molecule has 2 aromatic carbocycles. The monoisotopic (exact) mass is 464 g/mol. The predicted molar refractivity (Wildman–Crippen MR) is 103 cm³/mol. The number of aromatic hydroxyl groups is 1. The number of carbonyl (C=O) groups is 1. The fourth-order valence-corrected chi connectivity index (χ4v) is 3.21. The first kappa shape index (κ1) is 19.0. The first-order valence-electron chi connectivity index (χ1n) is 7.28. The predicted octanol–water partition coefficient (Wildman–Crippen LogP) is 4.86. The Morgan fingerprint density at radius 3 is 2.40 bits per heavy atom. The zero-order chi connectivity index (χ0) is 18.4. The van der Waals surface area contributed by atoms with E-state index in [0.717, 1.165) is 0 Å². The van der Waals surface area contributed by atoms with Gasteiger partial charge in [-0.2, -0.15) is 5.26 Å². The summed E-state index contributed by atoms with van der Waals surface area (Å²) in [4.78, 5) is 12.3. The lowest BCUT2D eigenvalue weighted by atomic mass is 10.1. The minimum Gasteiger partial charge on any atom is -0.506 e. The van der Waals surface area contributed by atoms with Crippen LogP contribution < -0.4 is 10.1 Å². The van der Waals surface area contributed by atoms with Crippen LogP contribution in [0.2, 0.25) is 0 Å². The van der Waals surface area contributed by atoms with Gasteiger partial charge in [0.15, 0.2) is 0 Å². The lowest BCUT2D eigenvalue weighted by molar-refractivity contribution is -0.112. The number of rotatable bonds is 5. The minimum absolute atomic E-state index is 0.0505. The molecule has 0 radical (unpaired) electrons. The molecule has 0 aliphatic heterocycles. The molecule has 2 aromatic rings. The second-order valence-electron chi connectivity index (χ2n) is 4.91. The Hall–Kier alpha value is -2.30. The number of benzene rings is 2. The highest BCUT2D eigenvalue weighted by atomic mass is 79.9. The van der Waals surface area contributed by atoms with E-state index in [1.54, 1.807) is 36.4 Å². The second kappa shape index (κ2) is 8.70. The Bertz CT molecular complexity index is 833. The number of nitrogens with zero attached hydrogens (tertiary/aromatic N) is 1. The SMILES string of the molecule is CCOc1ccc(NC(=O)/C(C#N)=C/c2cc(Br)c(O)c(Br)c2)cc1. The number of carbonyl (C=O) groups excluding carboxylic acids is 1. The molecule has 1 amide bonds. The van der Waals surface area contributed by atoms with Crippen LogP contribution in [0.3, 0.4) is 0 Å². The van der Waals surface area contributed by atoms with Gasteiger partial charge in [-0.25, -0.2) is 0 Å². The van der Waals surface area contributed by atoms with E-state index in [9.17, 15) is 15.2 Å². The van der Waals surface area contributed by atoms with Crippen LogP contribution in [-0.2, 0) is 4.79 Å². The van der Waals surface area contributed by atoms with Gasteiger partial charge in [-0.05, 0) is 86.8 Å². The van der Waals surface area contributed by atoms with E-state index in [2.05, 4.69) is 37.2 Å². The number of amides is 1. The fraction of sp³-hybridized carbons (Fsp3) is 0.111. The van der Waals surface area contributed by atoms with Gasteiger partial charge in [0.05, 0.1) is 15.6 Å². The third-order valence-electron chi connectivity index (χ3n) is 3.14. The van der Waals surface area contributed by atoms with E-state index < -0.39 is 5.91 Å². The Balaban J connectivity index is 2.19. The molecule has 0 saturated carbocycles. The summed E-state index contributed by atoms with van der Waals surface area (Å²) in [6.07, 6.45) is 1.44. The van der Waals surface area contributed by atoms with E-state index >= 15 is 0 Å². The van der Waals surface area contributed by atoms with E-state index in [0.29, 0.717) is 32.6 Å². The van der Waals surface area contributed by atoms with Crippen LogP contribution >= 0.6 is 31.9 Å². The van der Waals surface area contributed by atoms with Crippen molar-refractivity contribution in [1.82, 2.24) is 0 Å². The quantitative estimate of drug-likeness (QED) is 0.487. The number of halogens is 2. The van der Waals surface area contributed by atoms with Crippen LogP contribution in [0.4, 0.5) is 5.69 Å². The Kier molecular flexibility index (Phi) is 6.62. The van der Waals surface area contributed by atoms with Gasteiger partial charge < -0.3 is 15.2 Å². The highest BCUT2D eigenvalue weighted by molar-refractivity contribution is 9.11. The van der Waals surface area contributed by atoms with Crippen molar-refractivity contribution >= 4 is 49.5 Å². The van der Waals surface area contributed by atoms with Gasteiger partial charge >= 0.3 is 0 Å². The van der Waals surface area contributed by atoms with Crippen molar-refractivity contribution in [2.75, 3.05) is 11.9 Å². The molecule has 0 saturated heterocycles. The van der Waals surface area contributed by atoms with Gasteiger partial charge in [-0.1, -0.05) is 0 Å². The van der Waals surface area contributed by atoms with Gasteiger partial charge in [0.25, 0.3) is 5.91 Å². The standard InChI is InChI=1S/C18H14Br2N2O3/c1-2-25-14-5-3-13(4-6-14)22-18(24)12(10-21)7-11-8-15(19)17(23)16(20)9-11/h3-9,23H,2H2,1H3,(H,22,24)/b12-7+. The summed E-state index contributed by atoms with van der Waals surface area (Å²) in [7, 11) is 0. The summed E-state index contributed by atoms with van der Waals surface area (Å²) in [5, 5.41) is 21.7. The molecule has 7 heteroatoms. The number of phenolic OH excluding ortho intramolecular Hbond substituents is 1. The maximum absolute atomic E-state index is 12.3. The molecule has 2 N–H and O–H groups in total. The molecule has 0 unspecified atom stereocenters. The topological polar surface area (TPSA) is 82.3 Å². The largest absolute Gasteiger partial charge is 0.506 e. The molecular weight excluding hydrogens is 452 g/mol. The van der Waals surface area contributed by atoms with Crippen LogP contribution in [-0.4, -0.2) is 17.6 Å². The molecule has 0 aromatic heterocycles. The molecule has 0 fully saturated rings. The molecule has 0 spiro atoms. The van der Waals surface area contributed by atoms with Crippen LogP contribution in [0, 0.1) is 11.3 Å².